The summed E-state index contributed by atoms with van der Waals surface area (Å²) in [4.78, 5) is 20.4. The molecule has 17 heavy (non-hydrogen) atoms. The van der Waals surface area contributed by atoms with Crippen molar-refractivity contribution < 1.29 is 0 Å². The van der Waals surface area contributed by atoms with Gasteiger partial charge in [-0.05, 0) is 19.3 Å². The maximum atomic E-state index is 12.1. The largest absolute Gasteiger partial charge is 0.369 e. The minimum absolute atomic E-state index is 0.155. The third kappa shape index (κ3) is 1.37. The van der Waals surface area contributed by atoms with Gasteiger partial charge >= 0.3 is 0 Å². The number of imidazole rings is 1. The van der Waals surface area contributed by atoms with Crippen LogP contribution in [-0.4, -0.2) is 19.1 Å². The van der Waals surface area contributed by atoms with Gasteiger partial charge in [-0.1, -0.05) is 6.08 Å². The first-order chi connectivity index (χ1) is 8.18. The van der Waals surface area contributed by atoms with Gasteiger partial charge < -0.3 is 5.73 Å². The zero-order valence-corrected chi connectivity index (χ0v) is 9.55. The van der Waals surface area contributed by atoms with Crippen molar-refractivity contribution in [3.63, 3.8) is 0 Å². The Balaban J connectivity index is 2.35. The molecular formula is C11H13N5O. The van der Waals surface area contributed by atoms with Crippen LogP contribution in [0.15, 0.2) is 17.2 Å². The molecule has 2 aromatic rings. The first-order valence-corrected chi connectivity index (χ1v) is 5.57. The van der Waals surface area contributed by atoms with E-state index in [0.29, 0.717) is 11.2 Å². The van der Waals surface area contributed by atoms with E-state index < -0.39 is 0 Å². The van der Waals surface area contributed by atoms with Gasteiger partial charge in [-0.15, -0.1) is 0 Å². The van der Waals surface area contributed by atoms with E-state index in [1.54, 1.807) is 13.4 Å². The van der Waals surface area contributed by atoms with Gasteiger partial charge in [0.15, 0.2) is 11.2 Å². The molecule has 2 N–H and O–H groups in total. The van der Waals surface area contributed by atoms with Crippen molar-refractivity contribution in [1.82, 2.24) is 19.1 Å². The fourth-order valence-electron chi connectivity index (χ4n) is 2.16. The molecule has 6 heteroatoms. The smallest absolute Gasteiger partial charge is 0.281 e. The van der Waals surface area contributed by atoms with E-state index in [-0.39, 0.29) is 11.5 Å². The van der Waals surface area contributed by atoms with Crippen molar-refractivity contribution in [2.45, 2.75) is 19.3 Å². The minimum Gasteiger partial charge on any atom is -0.369 e. The normalized spacial score (nSPS) is 15.5. The van der Waals surface area contributed by atoms with E-state index in [9.17, 15) is 4.79 Å². The van der Waals surface area contributed by atoms with Gasteiger partial charge in [0, 0.05) is 12.7 Å². The Morgan fingerprint density at radius 1 is 1.47 bits per heavy atom. The summed E-state index contributed by atoms with van der Waals surface area (Å²) in [6.07, 6.45) is 6.93. The Labute approximate surface area is 97.4 Å². The van der Waals surface area contributed by atoms with Crippen LogP contribution in [0.1, 0.15) is 19.3 Å². The van der Waals surface area contributed by atoms with Crippen molar-refractivity contribution in [3.8, 4) is 0 Å². The van der Waals surface area contributed by atoms with Crippen LogP contribution in [0.2, 0.25) is 0 Å². The number of rotatable bonds is 1. The molecule has 1 aliphatic rings. The molecule has 0 bridgehead atoms. The van der Waals surface area contributed by atoms with Gasteiger partial charge in [-0.25, -0.2) is 4.98 Å². The Morgan fingerprint density at radius 2 is 2.29 bits per heavy atom. The van der Waals surface area contributed by atoms with Gasteiger partial charge in [0.2, 0.25) is 5.95 Å². The molecule has 1 aliphatic carbocycles. The van der Waals surface area contributed by atoms with Crippen LogP contribution in [0.3, 0.4) is 0 Å². The summed E-state index contributed by atoms with van der Waals surface area (Å²) >= 11 is 0. The first kappa shape index (κ1) is 10.1. The van der Waals surface area contributed by atoms with Crippen LogP contribution in [0, 0.1) is 0 Å². The summed E-state index contributed by atoms with van der Waals surface area (Å²) in [7, 11) is 1.62. The van der Waals surface area contributed by atoms with E-state index in [4.69, 9.17) is 5.73 Å². The summed E-state index contributed by atoms with van der Waals surface area (Å²) < 4.78 is 3.17. The lowest BCUT2D eigenvalue weighted by Gasteiger charge is -2.06. The Kier molecular flexibility index (Phi) is 2.04. The number of nitrogen functional groups attached to an aromatic ring is 1. The van der Waals surface area contributed by atoms with Crippen molar-refractivity contribution in [1.29, 1.82) is 0 Å². The molecule has 0 spiro atoms. The average molecular weight is 231 g/mol. The number of nitrogens with zero attached hydrogens (tertiary/aromatic N) is 4. The Bertz CT molecular complexity index is 679. The predicted octanol–water partition coefficient (Wildman–Crippen LogP) is 0.737. The highest BCUT2D eigenvalue weighted by atomic mass is 16.1. The maximum absolute atomic E-state index is 12.1. The summed E-state index contributed by atoms with van der Waals surface area (Å²) in [5.41, 5.74) is 7.53. The first-order valence-electron chi connectivity index (χ1n) is 5.57. The molecule has 0 aromatic carbocycles. The lowest BCUT2D eigenvalue weighted by atomic mass is 10.3. The van der Waals surface area contributed by atoms with Gasteiger partial charge in [0.05, 0.1) is 0 Å². The number of hydrogen-bond donors (Lipinski definition) is 1. The monoisotopic (exact) mass is 231 g/mol. The lowest BCUT2D eigenvalue weighted by Crippen LogP contribution is -2.23. The highest BCUT2D eigenvalue weighted by Gasteiger charge is 2.15. The molecule has 88 valence electrons. The van der Waals surface area contributed by atoms with Crippen molar-refractivity contribution in [3.05, 3.63) is 22.8 Å². The number of fused-ring (bicyclic) bond motifs is 1. The van der Waals surface area contributed by atoms with Gasteiger partial charge in [0.1, 0.15) is 6.33 Å². The molecule has 0 aliphatic heterocycles. The van der Waals surface area contributed by atoms with Crippen LogP contribution in [-0.2, 0) is 7.05 Å². The predicted molar refractivity (Wildman–Crippen MR) is 65.3 cm³/mol. The van der Waals surface area contributed by atoms with E-state index in [2.05, 4.69) is 16.0 Å². The van der Waals surface area contributed by atoms with Gasteiger partial charge in [-0.3, -0.25) is 13.9 Å². The van der Waals surface area contributed by atoms with E-state index in [1.807, 2.05) is 4.57 Å². The van der Waals surface area contributed by atoms with E-state index >= 15 is 0 Å². The maximum Gasteiger partial charge on any atom is 0.281 e. The minimum atomic E-state index is -0.155. The van der Waals surface area contributed by atoms with Crippen molar-refractivity contribution in [2.24, 2.45) is 7.05 Å². The molecule has 0 saturated carbocycles. The fourth-order valence-corrected chi connectivity index (χ4v) is 2.16. The number of aromatic nitrogens is 4. The molecular weight excluding hydrogens is 218 g/mol. The summed E-state index contributed by atoms with van der Waals surface area (Å²) in [5, 5.41) is 0. The highest BCUT2D eigenvalue weighted by Crippen LogP contribution is 2.24. The second kappa shape index (κ2) is 3.44. The molecule has 0 saturated heterocycles. The topological polar surface area (TPSA) is 78.7 Å². The summed E-state index contributed by atoms with van der Waals surface area (Å²) in [6, 6.07) is 0. The number of anilines is 1. The fraction of sp³-hybridized carbons (Fsp3) is 0.364. The molecule has 6 nitrogen and oxygen atoms in total. The van der Waals surface area contributed by atoms with E-state index in [1.165, 1.54) is 4.57 Å². The molecule has 0 atom stereocenters. The number of hydrogen-bond acceptors (Lipinski definition) is 4. The van der Waals surface area contributed by atoms with Crippen LogP contribution in [0.25, 0.3) is 16.9 Å². The SMILES string of the molecule is Cn1c(N)nc2ncn(C3=CCCC3)c2c1=O. The quantitative estimate of drug-likeness (QED) is 0.785. The molecule has 2 aromatic heterocycles. The highest BCUT2D eigenvalue weighted by molar-refractivity contribution is 5.75. The molecule has 0 amide bonds. The Hall–Kier alpha value is -2.11. The zero-order valence-electron chi connectivity index (χ0n) is 9.55. The van der Waals surface area contributed by atoms with Crippen LogP contribution >= 0.6 is 0 Å². The second-order valence-electron chi connectivity index (χ2n) is 4.21. The van der Waals surface area contributed by atoms with Crippen LogP contribution in [0.4, 0.5) is 5.95 Å². The second-order valence-corrected chi connectivity index (χ2v) is 4.21. The molecule has 0 fully saturated rings. The third-order valence-corrected chi connectivity index (χ3v) is 3.15. The van der Waals surface area contributed by atoms with Gasteiger partial charge in [0.25, 0.3) is 5.56 Å². The molecule has 3 rings (SSSR count). The average Bonchev–Trinajstić information content (AvgIpc) is 2.93. The van der Waals surface area contributed by atoms with Gasteiger partial charge in [-0.2, -0.15) is 4.98 Å². The molecule has 0 radical (unpaired) electrons. The van der Waals surface area contributed by atoms with Crippen molar-refractivity contribution in [2.75, 3.05) is 5.73 Å². The standard InChI is InChI=1S/C11H13N5O/c1-15-10(17)8-9(14-11(15)12)13-6-16(8)7-4-2-3-5-7/h4,6H,2-3,5H2,1H3,(H2,12,14). The number of allylic oxidation sites excluding steroid dienone is 2. The van der Waals surface area contributed by atoms with Crippen LogP contribution in [0.5, 0.6) is 0 Å². The third-order valence-electron chi connectivity index (χ3n) is 3.15. The van der Waals surface area contributed by atoms with Crippen molar-refractivity contribution >= 4 is 22.8 Å². The van der Waals surface area contributed by atoms with Crippen LogP contribution < -0.4 is 11.3 Å². The molecule has 2 heterocycles. The summed E-state index contributed by atoms with van der Waals surface area (Å²) in [6.45, 7) is 0. The summed E-state index contributed by atoms with van der Waals surface area (Å²) in [5.74, 6) is 0.188. The zero-order chi connectivity index (χ0) is 12.0. The Morgan fingerprint density at radius 3 is 3.00 bits per heavy atom. The van der Waals surface area contributed by atoms with E-state index in [0.717, 1.165) is 25.0 Å². The lowest BCUT2D eigenvalue weighted by molar-refractivity contribution is 0.851. The number of nitrogens with two attached hydrogens (primary N) is 1. The molecule has 0 unspecified atom stereocenters.